The number of carbonyl (C=O) groups excluding carboxylic acids is 1. The van der Waals surface area contributed by atoms with Crippen molar-refractivity contribution in [1.82, 2.24) is 10.6 Å². The Morgan fingerprint density at radius 1 is 1.43 bits per heavy atom. The van der Waals surface area contributed by atoms with Crippen LogP contribution in [-0.4, -0.2) is 40.8 Å². The van der Waals surface area contributed by atoms with Gasteiger partial charge in [0.2, 0.25) is 5.91 Å². The lowest BCUT2D eigenvalue weighted by atomic mass is 10.3. The maximum absolute atomic E-state index is 11.2. The molecule has 0 heterocycles. The Labute approximate surface area is 88.3 Å². The minimum Gasteiger partial charge on any atom is -0.355 e. The van der Waals surface area contributed by atoms with E-state index in [2.05, 4.69) is 10.6 Å². The molecule has 0 aliphatic rings. The zero-order valence-electron chi connectivity index (χ0n) is 9.13. The highest BCUT2D eigenvalue weighted by Gasteiger charge is 2.10. The smallest absolute Gasteiger partial charge is 0.236 e. The van der Waals surface area contributed by atoms with Gasteiger partial charge < -0.3 is 10.6 Å². The molecule has 2 N–H and O–H groups in total. The number of carbonyl (C=O) groups is 1. The lowest BCUT2D eigenvalue weighted by Crippen LogP contribution is -2.43. The lowest BCUT2D eigenvalue weighted by Gasteiger charge is -2.12. The standard InChI is InChI=1S/C9H20N2O2S/c1-4-10-9(12)8(3)11-6-7-14(13)5-2/h8,11H,4-7H2,1-3H3,(H,10,12). The van der Waals surface area contributed by atoms with Crippen LogP contribution in [0.2, 0.25) is 0 Å². The first-order valence-corrected chi connectivity index (χ1v) is 6.46. The normalized spacial score (nSPS) is 14.8. The Morgan fingerprint density at radius 3 is 2.57 bits per heavy atom. The SMILES string of the molecule is CCNC(=O)C(C)NCCS(=O)CC. The summed E-state index contributed by atoms with van der Waals surface area (Å²) in [4.78, 5) is 11.2. The van der Waals surface area contributed by atoms with Gasteiger partial charge in [-0.05, 0) is 13.8 Å². The lowest BCUT2D eigenvalue weighted by molar-refractivity contribution is -0.122. The largest absolute Gasteiger partial charge is 0.355 e. The van der Waals surface area contributed by atoms with E-state index in [-0.39, 0.29) is 11.9 Å². The second kappa shape index (κ2) is 7.94. The van der Waals surface area contributed by atoms with Gasteiger partial charge in [0.25, 0.3) is 0 Å². The van der Waals surface area contributed by atoms with E-state index in [1.807, 2.05) is 13.8 Å². The Kier molecular flexibility index (Phi) is 7.70. The summed E-state index contributed by atoms with van der Waals surface area (Å²) in [6, 6.07) is -0.205. The zero-order valence-corrected chi connectivity index (χ0v) is 9.95. The fourth-order valence-corrected chi connectivity index (χ4v) is 1.59. The van der Waals surface area contributed by atoms with Crippen molar-refractivity contribution in [3.8, 4) is 0 Å². The molecule has 0 aliphatic carbocycles. The Bertz CT molecular complexity index is 197. The van der Waals surface area contributed by atoms with Crippen LogP contribution in [0.5, 0.6) is 0 Å². The van der Waals surface area contributed by atoms with Crippen molar-refractivity contribution >= 4 is 16.7 Å². The van der Waals surface area contributed by atoms with Gasteiger partial charge in [-0.15, -0.1) is 0 Å². The summed E-state index contributed by atoms with van der Waals surface area (Å²) >= 11 is 0. The molecular weight excluding hydrogens is 200 g/mol. The van der Waals surface area contributed by atoms with E-state index in [9.17, 15) is 9.00 Å². The molecule has 0 aliphatic heterocycles. The molecule has 0 radical (unpaired) electrons. The maximum atomic E-state index is 11.2. The number of likely N-dealkylation sites (N-methyl/N-ethyl adjacent to an activating group) is 1. The molecule has 0 bridgehead atoms. The van der Waals surface area contributed by atoms with Crippen molar-refractivity contribution in [2.45, 2.75) is 26.8 Å². The third-order valence-corrected chi connectivity index (χ3v) is 3.15. The summed E-state index contributed by atoms with van der Waals surface area (Å²) in [5.41, 5.74) is 0. The molecule has 0 saturated carbocycles. The van der Waals surface area contributed by atoms with Crippen LogP contribution in [0.25, 0.3) is 0 Å². The first kappa shape index (κ1) is 13.6. The molecule has 2 unspecified atom stereocenters. The summed E-state index contributed by atoms with van der Waals surface area (Å²) in [6.45, 7) is 6.85. The molecule has 14 heavy (non-hydrogen) atoms. The van der Waals surface area contributed by atoms with E-state index in [1.54, 1.807) is 6.92 Å². The van der Waals surface area contributed by atoms with E-state index in [4.69, 9.17) is 0 Å². The van der Waals surface area contributed by atoms with Crippen LogP contribution < -0.4 is 10.6 Å². The molecule has 84 valence electrons. The first-order chi connectivity index (χ1) is 6.61. The summed E-state index contributed by atoms with van der Waals surface area (Å²) in [5, 5.41) is 5.75. The molecule has 0 fully saturated rings. The predicted molar refractivity (Wildman–Crippen MR) is 59.7 cm³/mol. The summed E-state index contributed by atoms with van der Waals surface area (Å²) in [6.07, 6.45) is 0. The number of rotatable bonds is 7. The highest BCUT2D eigenvalue weighted by Crippen LogP contribution is 1.84. The van der Waals surface area contributed by atoms with Crippen LogP contribution in [0.15, 0.2) is 0 Å². The number of hydrogen-bond donors (Lipinski definition) is 2. The molecule has 0 aromatic carbocycles. The van der Waals surface area contributed by atoms with Crippen molar-refractivity contribution < 1.29 is 9.00 Å². The number of nitrogens with one attached hydrogen (secondary N) is 2. The van der Waals surface area contributed by atoms with Crippen LogP contribution in [0, 0.1) is 0 Å². The van der Waals surface area contributed by atoms with Gasteiger partial charge in [0.05, 0.1) is 6.04 Å². The van der Waals surface area contributed by atoms with Gasteiger partial charge >= 0.3 is 0 Å². The summed E-state index contributed by atoms with van der Waals surface area (Å²) in [7, 11) is -0.755. The maximum Gasteiger partial charge on any atom is 0.236 e. The van der Waals surface area contributed by atoms with Gasteiger partial charge in [0.1, 0.15) is 0 Å². The predicted octanol–water partition coefficient (Wildman–Crippen LogP) is -0.131. The topological polar surface area (TPSA) is 58.2 Å². The highest BCUT2D eigenvalue weighted by atomic mass is 32.2. The van der Waals surface area contributed by atoms with Crippen LogP contribution in [0.4, 0.5) is 0 Å². The Balaban J connectivity index is 3.58. The Morgan fingerprint density at radius 2 is 2.07 bits per heavy atom. The van der Waals surface area contributed by atoms with Crippen molar-refractivity contribution in [3.63, 3.8) is 0 Å². The number of amides is 1. The molecule has 5 heteroatoms. The quantitative estimate of drug-likeness (QED) is 0.628. The molecule has 0 spiro atoms. The third-order valence-electron chi connectivity index (χ3n) is 1.85. The van der Waals surface area contributed by atoms with Crippen LogP contribution >= 0.6 is 0 Å². The van der Waals surface area contributed by atoms with Gasteiger partial charge in [-0.3, -0.25) is 9.00 Å². The Hall–Kier alpha value is -0.420. The molecule has 0 aromatic rings. The average molecular weight is 220 g/mol. The second-order valence-corrected chi connectivity index (χ2v) is 4.87. The van der Waals surface area contributed by atoms with Crippen molar-refractivity contribution in [3.05, 3.63) is 0 Å². The van der Waals surface area contributed by atoms with Crippen LogP contribution in [-0.2, 0) is 15.6 Å². The van der Waals surface area contributed by atoms with Gasteiger partial charge in [0.15, 0.2) is 0 Å². The van der Waals surface area contributed by atoms with E-state index >= 15 is 0 Å². The van der Waals surface area contributed by atoms with E-state index < -0.39 is 10.8 Å². The molecule has 1 amide bonds. The number of hydrogen-bond acceptors (Lipinski definition) is 3. The monoisotopic (exact) mass is 220 g/mol. The molecule has 0 rings (SSSR count). The van der Waals surface area contributed by atoms with Crippen LogP contribution in [0.1, 0.15) is 20.8 Å². The fraction of sp³-hybridized carbons (Fsp3) is 0.889. The van der Waals surface area contributed by atoms with E-state index in [0.29, 0.717) is 24.6 Å². The summed E-state index contributed by atoms with van der Waals surface area (Å²) < 4.78 is 11.1. The van der Waals surface area contributed by atoms with Gasteiger partial charge in [0, 0.05) is 35.4 Å². The van der Waals surface area contributed by atoms with Gasteiger partial charge in [-0.25, -0.2) is 0 Å². The minimum absolute atomic E-state index is 0.00483. The highest BCUT2D eigenvalue weighted by molar-refractivity contribution is 7.84. The molecule has 2 atom stereocenters. The molecular formula is C9H20N2O2S. The summed E-state index contributed by atoms with van der Waals surface area (Å²) in [5.74, 6) is 1.28. The van der Waals surface area contributed by atoms with Gasteiger partial charge in [-0.2, -0.15) is 0 Å². The molecule has 0 aromatic heterocycles. The molecule has 0 saturated heterocycles. The van der Waals surface area contributed by atoms with Crippen molar-refractivity contribution in [2.24, 2.45) is 0 Å². The second-order valence-electron chi connectivity index (χ2n) is 3.00. The first-order valence-electron chi connectivity index (χ1n) is 4.97. The zero-order chi connectivity index (χ0) is 11.0. The third kappa shape index (κ3) is 6.10. The average Bonchev–Trinajstić information content (AvgIpc) is 2.17. The fourth-order valence-electron chi connectivity index (χ4n) is 0.954. The molecule has 4 nitrogen and oxygen atoms in total. The van der Waals surface area contributed by atoms with Gasteiger partial charge in [-0.1, -0.05) is 6.92 Å². The van der Waals surface area contributed by atoms with Crippen LogP contribution in [0.3, 0.4) is 0 Å². The van der Waals surface area contributed by atoms with Crippen molar-refractivity contribution in [2.75, 3.05) is 24.6 Å². The van der Waals surface area contributed by atoms with E-state index in [0.717, 1.165) is 0 Å². The minimum atomic E-state index is -0.755. The van der Waals surface area contributed by atoms with E-state index in [1.165, 1.54) is 0 Å². The van der Waals surface area contributed by atoms with Crippen molar-refractivity contribution in [1.29, 1.82) is 0 Å².